The molecule has 0 N–H and O–H groups in total. The van der Waals surface area contributed by atoms with Crippen LogP contribution in [0.25, 0.3) is 0 Å². The molecular weight excluding hydrogens is 127 g/mol. The molecule has 0 heterocycles. The maximum atomic E-state index is 12.5. The van der Waals surface area contributed by atoms with Crippen LogP contribution >= 0.6 is 11.6 Å². The molecule has 2 heteroatoms. The Labute approximate surface area is 52.6 Å². The Morgan fingerprint density at radius 3 is 2.12 bits per heavy atom. The number of halogens is 2. The van der Waals surface area contributed by atoms with Crippen LogP contribution < -0.4 is 0 Å². The predicted octanol–water partition coefficient (Wildman–Crippen LogP) is 2.41. The average molecular weight is 133 g/mol. The van der Waals surface area contributed by atoms with E-state index in [1.807, 2.05) is 0 Å². The Balaban J connectivity index is 2.69. The zero-order valence-corrected chi connectivity index (χ0v) is 5.03. The molecule has 44 valence electrons. The van der Waals surface area contributed by atoms with E-state index in [-0.39, 0.29) is 0 Å². The smallest absolute Gasteiger partial charge is 0.217 e. The maximum Gasteiger partial charge on any atom is 0.220 e. The lowest BCUT2D eigenvalue weighted by Gasteiger charge is -2.08. The first-order chi connectivity index (χ1) is 3.71. The molecule has 1 aliphatic rings. The lowest BCUT2D eigenvalue weighted by atomic mass is 10.2. The summed E-state index contributed by atoms with van der Waals surface area (Å²) in [6, 6.07) is 0. The fourth-order valence-electron chi connectivity index (χ4n) is 0.584. The number of allylic oxidation sites excluding steroid dienone is 4. The van der Waals surface area contributed by atoms with E-state index in [0.717, 1.165) is 6.42 Å². The summed E-state index contributed by atoms with van der Waals surface area (Å²) in [4.78, 5) is 0. The highest BCUT2D eigenvalue weighted by Gasteiger charge is 2.18. The first kappa shape index (κ1) is 5.83. The molecule has 1 aliphatic carbocycles. The Bertz CT molecular complexity index is 121. The van der Waals surface area contributed by atoms with Gasteiger partial charge in [0.2, 0.25) is 5.13 Å². The van der Waals surface area contributed by atoms with Crippen LogP contribution in [-0.2, 0) is 0 Å². The van der Waals surface area contributed by atoms with Gasteiger partial charge in [-0.15, -0.1) is 0 Å². The van der Waals surface area contributed by atoms with Gasteiger partial charge < -0.3 is 0 Å². The molecule has 0 fully saturated rings. The topological polar surface area (TPSA) is 0 Å². The van der Waals surface area contributed by atoms with Crippen molar-refractivity contribution in [3.63, 3.8) is 0 Å². The van der Waals surface area contributed by atoms with Gasteiger partial charge in [0.1, 0.15) is 0 Å². The van der Waals surface area contributed by atoms with Gasteiger partial charge in [-0.05, 0) is 18.6 Å². The first-order valence-electron chi connectivity index (χ1n) is 2.44. The van der Waals surface area contributed by atoms with E-state index in [0.29, 0.717) is 0 Å². The molecule has 0 atom stereocenters. The third-order valence-electron chi connectivity index (χ3n) is 0.952. The van der Waals surface area contributed by atoms with Crippen molar-refractivity contribution in [1.29, 1.82) is 0 Å². The summed E-state index contributed by atoms with van der Waals surface area (Å²) in [7, 11) is 0. The third-order valence-corrected chi connectivity index (χ3v) is 1.20. The van der Waals surface area contributed by atoms with Gasteiger partial charge in [-0.1, -0.05) is 23.8 Å². The molecule has 0 amide bonds. The minimum absolute atomic E-state index is 0.790. The normalized spacial score (nSPS) is 23.8. The van der Waals surface area contributed by atoms with Crippen LogP contribution in [0.1, 0.15) is 6.42 Å². The fourth-order valence-corrected chi connectivity index (χ4v) is 0.763. The number of alkyl halides is 2. The molecule has 0 saturated heterocycles. The molecule has 0 unspecified atom stereocenters. The van der Waals surface area contributed by atoms with Crippen molar-refractivity contribution in [2.75, 3.05) is 0 Å². The van der Waals surface area contributed by atoms with Crippen molar-refractivity contribution in [3.05, 3.63) is 24.3 Å². The molecule has 0 aliphatic heterocycles. The second-order valence-electron chi connectivity index (χ2n) is 1.71. The Morgan fingerprint density at radius 1 is 1.38 bits per heavy atom. The van der Waals surface area contributed by atoms with Crippen molar-refractivity contribution in [2.24, 2.45) is 0 Å². The molecule has 0 nitrogen and oxygen atoms in total. The molecular formula is C6H6ClF. The van der Waals surface area contributed by atoms with E-state index < -0.39 is 5.13 Å². The van der Waals surface area contributed by atoms with Crippen molar-refractivity contribution >= 4 is 11.6 Å². The molecule has 0 aromatic heterocycles. The molecule has 0 bridgehead atoms. The summed E-state index contributed by atoms with van der Waals surface area (Å²) in [6.45, 7) is 0. The van der Waals surface area contributed by atoms with E-state index in [9.17, 15) is 4.39 Å². The number of hydrogen-bond donors (Lipinski definition) is 0. The highest BCUT2D eigenvalue weighted by Crippen LogP contribution is 2.23. The van der Waals surface area contributed by atoms with Gasteiger partial charge in [0.25, 0.3) is 0 Å². The van der Waals surface area contributed by atoms with Gasteiger partial charge >= 0.3 is 0 Å². The van der Waals surface area contributed by atoms with E-state index in [4.69, 9.17) is 11.6 Å². The molecule has 1 rings (SSSR count). The Hall–Kier alpha value is -0.300. The molecule has 0 radical (unpaired) electrons. The summed E-state index contributed by atoms with van der Waals surface area (Å²) in [6.07, 6.45) is 6.88. The standard InChI is InChI=1S/C6H6ClF/c7-6(8)4-2-1-3-5-6/h2-5H,1H2. The lowest BCUT2D eigenvalue weighted by Crippen LogP contribution is -2.06. The maximum absolute atomic E-state index is 12.5. The second kappa shape index (κ2) is 1.90. The minimum Gasteiger partial charge on any atom is -0.217 e. The van der Waals surface area contributed by atoms with Crippen LogP contribution in [0.4, 0.5) is 4.39 Å². The zero-order valence-electron chi connectivity index (χ0n) is 4.27. The van der Waals surface area contributed by atoms with Crippen molar-refractivity contribution in [2.45, 2.75) is 11.5 Å². The van der Waals surface area contributed by atoms with Crippen molar-refractivity contribution < 1.29 is 4.39 Å². The zero-order chi connectivity index (χ0) is 6.04. The van der Waals surface area contributed by atoms with Gasteiger partial charge in [-0.25, -0.2) is 4.39 Å². The summed E-state index contributed by atoms with van der Waals surface area (Å²) in [5.41, 5.74) is 0. The summed E-state index contributed by atoms with van der Waals surface area (Å²) in [5.74, 6) is 0. The van der Waals surface area contributed by atoms with Gasteiger partial charge in [0.05, 0.1) is 0 Å². The van der Waals surface area contributed by atoms with Gasteiger partial charge in [-0.2, -0.15) is 0 Å². The van der Waals surface area contributed by atoms with Gasteiger partial charge in [-0.3, -0.25) is 0 Å². The summed E-state index contributed by atoms with van der Waals surface area (Å²) >= 11 is 5.23. The summed E-state index contributed by atoms with van der Waals surface area (Å²) in [5, 5.41) is -1.71. The van der Waals surface area contributed by atoms with E-state index >= 15 is 0 Å². The van der Waals surface area contributed by atoms with Crippen molar-refractivity contribution in [1.82, 2.24) is 0 Å². The molecule has 0 saturated carbocycles. The lowest BCUT2D eigenvalue weighted by molar-refractivity contribution is 0.413. The monoisotopic (exact) mass is 132 g/mol. The fraction of sp³-hybridized carbons (Fsp3) is 0.333. The van der Waals surface area contributed by atoms with Gasteiger partial charge in [0, 0.05) is 0 Å². The van der Waals surface area contributed by atoms with Gasteiger partial charge in [0.15, 0.2) is 0 Å². The third kappa shape index (κ3) is 1.34. The molecule has 0 aromatic rings. The molecule has 0 aromatic carbocycles. The van der Waals surface area contributed by atoms with Crippen LogP contribution in [0.2, 0.25) is 0 Å². The Kier molecular flexibility index (Phi) is 1.39. The van der Waals surface area contributed by atoms with Crippen LogP contribution in [0.15, 0.2) is 24.3 Å². The van der Waals surface area contributed by atoms with Crippen LogP contribution in [-0.4, -0.2) is 5.13 Å². The van der Waals surface area contributed by atoms with E-state index in [1.165, 1.54) is 12.2 Å². The second-order valence-corrected chi connectivity index (χ2v) is 2.29. The summed E-state index contributed by atoms with van der Waals surface area (Å²) < 4.78 is 12.5. The highest BCUT2D eigenvalue weighted by molar-refractivity contribution is 6.25. The SMILES string of the molecule is FC1(Cl)C=CCC=C1. The molecule has 8 heavy (non-hydrogen) atoms. The Morgan fingerprint density at radius 2 is 1.88 bits per heavy atom. The average Bonchev–Trinajstić information content (AvgIpc) is 1.65. The van der Waals surface area contributed by atoms with E-state index in [2.05, 4.69) is 0 Å². The van der Waals surface area contributed by atoms with Crippen molar-refractivity contribution in [3.8, 4) is 0 Å². The first-order valence-corrected chi connectivity index (χ1v) is 2.82. The number of hydrogen-bond acceptors (Lipinski definition) is 0. The predicted molar refractivity (Wildman–Crippen MR) is 32.6 cm³/mol. The van der Waals surface area contributed by atoms with Crippen LogP contribution in [0.3, 0.4) is 0 Å². The van der Waals surface area contributed by atoms with Crippen LogP contribution in [0.5, 0.6) is 0 Å². The van der Waals surface area contributed by atoms with Crippen LogP contribution in [0, 0.1) is 0 Å². The minimum atomic E-state index is -1.71. The largest absolute Gasteiger partial charge is 0.220 e. The highest BCUT2D eigenvalue weighted by atomic mass is 35.5. The number of rotatable bonds is 0. The quantitative estimate of drug-likeness (QED) is 0.351. The molecule has 0 spiro atoms. The van der Waals surface area contributed by atoms with E-state index in [1.54, 1.807) is 12.2 Å².